The third-order valence-electron chi connectivity index (χ3n) is 1.76. The largest absolute Gasteiger partial charge is 0.481 e. The molecule has 0 rings (SSSR count). The molecule has 0 aromatic heterocycles. The molecule has 0 unspecified atom stereocenters. The Kier molecular flexibility index (Phi) is 4.89. The van der Waals surface area contributed by atoms with Crippen molar-refractivity contribution in [1.82, 2.24) is 0 Å². The number of ether oxygens (including phenoxy) is 1. The van der Waals surface area contributed by atoms with E-state index < -0.39 is 23.2 Å². The van der Waals surface area contributed by atoms with Crippen LogP contribution in [0.5, 0.6) is 0 Å². The van der Waals surface area contributed by atoms with Gasteiger partial charge in [0, 0.05) is 6.42 Å². The third kappa shape index (κ3) is 6.36. The predicted molar refractivity (Wildman–Crippen MR) is 58.4 cm³/mol. The molecule has 0 aliphatic carbocycles. The molecule has 0 saturated heterocycles. The number of nitrogens with two attached hydrogens (primary N) is 2. The van der Waals surface area contributed by atoms with E-state index in [0.717, 1.165) is 0 Å². The van der Waals surface area contributed by atoms with Crippen LogP contribution in [0.1, 0.15) is 40.0 Å². The van der Waals surface area contributed by atoms with Gasteiger partial charge in [-0.2, -0.15) is 0 Å². The Balaban J connectivity index is 4.21. The van der Waals surface area contributed by atoms with Crippen LogP contribution in [0, 0.1) is 0 Å². The van der Waals surface area contributed by atoms with E-state index in [1.807, 2.05) is 0 Å². The van der Waals surface area contributed by atoms with Crippen LogP contribution in [0.3, 0.4) is 0 Å². The summed E-state index contributed by atoms with van der Waals surface area (Å²) in [4.78, 5) is 21.8. The molecule has 6 heteroatoms. The van der Waals surface area contributed by atoms with Gasteiger partial charge in [0.25, 0.3) is 0 Å². The van der Waals surface area contributed by atoms with Crippen molar-refractivity contribution in [1.29, 1.82) is 0 Å². The molecule has 94 valence electrons. The van der Waals surface area contributed by atoms with Gasteiger partial charge in [0.05, 0.1) is 0 Å². The first-order valence-corrected chi connectivity index (χ1v) is 5.07. The van der Waals surface area contributed by atoms with Gasteiger partial charge in [-0.25, -0.2) is 4.79 Å². The van der Waals surface area contributed by atoms with Gasteiger partial charge >= 0.3 is 11.9 Å². The summed E-state index contributed by atoms with van der Waals surface area (Å²) in [5.41, 5.74) is 8.85. The highest BCUT2D eigenvalue weighted by Crippen LogP contribution is 2.14. The van der Waals surface area contributed by atoms with Crippen LogP contribution >= 0.6 is 0 Å². The van der Waals surface area contributed by atoms with E-state index in [1.54, 1.807) is 20.8 Å². The normalized spacial score (nSPS) is 12.3. The van der Waals surface area contributed by atoms with E-state index in [2.05, 4.69) is 0 Å². The standard InChI is InChI=1S/C10H20N2O4/c1-9(2,3)16-8(15)10(11,12)6-4-5-7(13)14/h4-6,11-12H2,1-3H3,(H,13,14). The SMILES string of the molecule is CC(C)(C)OC(=O)C(N)(N)CCCC(=O)O. The van der Waals surface area contributed by atoms with Gasteiger partial charge in [0.15, 0.2) is 5.66 Å². The van der Waals surface area contributed by atoms with E-state index >= 15 is 0 Å². The molecule has 0 atom stereocenters. The molecule has 16 heavy (non-hydrogen) atoms. The lowest BCUT2D eigenvalue weighted by molar-refractivity contribution is -0.162. The molecular formula is C10H20N2O4. The monoisotopic (exact) mass is 232 g/mol. The third-order valence-corrected chi connectivity index (χ3v) is 1.76. The summed E-state index contributed by atoms with van der Waals surface area (Å²) in [5.74, 6) is -1.66. The lowest BCUT2D eigenvalue weighted by Crippen LogP contribution is -2.58. The van der Waals surface area contributed by atoms with Crippen molar-refractivity contribution < 1.29 is 19.4 Å². The molecule has 0 saturated carbocycles. The van der Waals surface area contributed by atoms with Gasteiger partial charge < -0.3 is 21.3 Å². The number of carboxylic acids is 1. The molecule has 0 radical (unpaired) electrons. The summed E-state index contributed by atoms with van der Waals surface area (Å²) in [6, 6.07) is 0. The molecule has 0 fully saturated rings. The van der Waals surface area contributed by atoms with Crippen LogP contribution in [0.4, 0.5) is 0 Å². The summed E-state index contributed by atoms with van der Waals surface area (Å²) in [6.45, 7) is 5.12. The number of rotatable bonds is 5. The van der Waals surface area contributed by atoms with Crippen molar-refractivity contribution in [3.05, 3.63) is 0 Å². The van der Waals surface area contributed by atoms with E-state index in [4.69, 9.17) is 21.3 Å². The summed E-state index contributed by atoms with van der Waals surface area (Å²) >= 11 is 0. The maximum Gasteiger partial charge on any atom is 0.341 e. The zero-order chi connectivity index (χ0) is 13.0. The molecule has 0 aromatic rings. The second-order valence-corrected chi connectivity index (χ2v) is 4.79. The first-order chi connectivity index (χ1) is 7.04. The van der Waals surface area contributed by atoms with Crippen LogP contribution in [0.2, 0.25) is 0 Å². The molecule has 0 heterocycles. The summed E-state index contributed by atoms with van der Waals surface area (Å²) in [5, 5.41) is 8.44. The molecule has 0 amide bonds. The van der Waals surface area contributed by atoms with Crippen molar-refractivity contribution in [2.24, 2.45) is 11.5 Å². The Hall–Kier alpha value is -1.14. The number of carbonyl (C=O) groups excluding carboxylic acids is 1. The van der Waals surface area contributed by atoms with Crippen LogP contribution in [-0.2, 0) is 14.3 Å². The second-order valence-electron chi connectivity index (χ2n) is 4.79. The fourth-order valence-electron chi connectivity index (χ4n) is 1.01. The number of esters is 1. The lowest BCUT2D eigenvalue weighted by Gasteiger charge is -2.27. The van der Waals surface area contributed by atoms with Gasteiger partial charge in [-0.05, 0) is 33.6 Å². The number of carboxylic acid groups (broad SMARTS) is 1. The Morgan fingerprint density at radius 3 is 2.12 bits per heavy atom. The van der Waals surface area contributed by atoms with Crippen LogP contribution in [0.15, 0.2) is 0 Å². The fourth-order valence-corrected chi connectivity index (χ4v) is 1.01. The lowest BCUT2D eigenvalue weighted by atomic mass is 10.0. The predicted octanol–water partition coefficient (Wildman–Crippen LogP) is 0.197. The van der Waals surface area contributed by atoms with Crippen molar-refractivity contribution in [2.75, 3.05) is 0 Å². The smallest absolute Gasteiger partial charge is 0.341 e. The molecular weight excluding hydrogens is 212 g/mol. The van der Waals surface area contributed by atoms with Crippen molar-refractivity contribution in [3.63, 3.8) is 0 Å². The number of hydrogen-bond acceptors (Lipinski definition) is 5. The molecule has 0 spiro atoms. The van der Waals surface area contributed by atoms with Crippen LogP contribution < -0.4 is 11.5 Å². The second kappa shape index (κ2) is 5.27. The minimum absolute atomic E-state index is 0.0705. The maximum atomic E-state index is 11.5. The van der Waals surface area contributed by atoms with Crippen molar-refractivity contribution in [3.8, 4) is 0 Å². The fraction of sp³-hybridized carbons (Fsp3) is 0.800. The highest BCUT2D eigenvalue weighted by molar-refractivity contribution is 5.80. The summed E-state index contributed by atoms with van der Waals surface area (Å²) < 4.78 is 5.02. The summed E-state index contributed by atoms with van der Waals surface area (Å²) in [6.07, 6.45) is 0.245. The van der Waals surface area contributed by atoms with Crippen molar-refractivity contribution in [2.45, 2.75) is 51.3 Å². The van der Waals surface area contributed by atoms with Crippen molar-refractivity contribution >= 4 is 11.9 Å². The summed E-state index contributed by atoms with van der Waals surface area (Å²) in [7, 11) is 0. The Morgan fingerprint density at radius 1 is 1.25 bits per heavy atom. The number of carbonyl (C=O) groups is 2. The van der Waals surface area contributed by atoms with Crippen LogP contribution in [-0.4, -0.2) is 28.3 Å². The molecule has 5 N–H and O–H groups in total. The zero-order valence-corrected chi connectivity index (χ0v) is 9.95. The minimum atomic E-state index is -1.62. The van der Waals surface area contributed by atoms with Gasteiger partial charge in [-0.15, -0.1) is 0 Å². The average molecular weight is 232 g/mol. The van der Waals surface area contributed by atoms with Gasteiger partial charge in [0.2, 0.25) is 0 Å². The number of hydrogen-bond donors (Lipinski definition) is 3. The highest BCUT2D eigenvalue weighted by Gasteiger charge is 2.33. The first-order valence-electron chi connectivity index (χ1n) is 5.07. The van der Waals surface area contributed by atoms with Gasteiger partial charge in [0.1, 0.15) is 5.60 Å². The maximum absolute atomic E-state index is 11.5. The molecule has 0 aliphatic rings. The van der Waals surface area contributed by atoms with Crippen LogP contribution in [0.25, 0.3) is 0 Å². The first kappa shape index (κ1) is 14.9. The molecule has 0 bridgehead atoms. The number of aliphatic carboxylic acids is 1. The highest BCUT2D eigenvalue weighted by atomic mass is 16.6. The average Bonchev–Trinajstić information content (AvgIpc) is 1.99. The van der Waals surface area contributed by atoms with Gasteiger partial charge in [-0.3, -0.25) is 4.79 Å². The van der Waals surface area contributed by atoms with E-state index in [9.17, 15) is 9.59 Å². The van der Waals surface area contributed by atoms with E-state index in [-0.39, 0.29) is 19.3 Å². The molecule has 0 aliphatic heterocycles. The van der Waals surface area contributed by atoms with Gasteiger partial charge in [-0.1, -0.05) is 0 Å². The minimum Gasteiger partial charge on any atom is -0.481 e. The molecule has 0 aromatic carbocycles. The Morgan fingerprint density at radius 2 is 1.75 bits per heavy atom. The van der Waals surface area contributed by atoms with E-state index in [0.29, 0.717) is 0 Å². The van der Waals surface area contributed by atoms with E-state index in [1.165, 1.54) is 0 Å². The Labute approximate surface area is 94.9 Å². The zero-order valence-electron chi connectivity index (χ0n) is 9.95. The molecule has 6 nitrogen and oxygen atoms in total. The quantitative estimate of drug-likeness (QED) is 0.460. The topological polar surface area (TPSA) is 116 Å². The Bertz CT molecular complexity index is 268.